The van der Waals surface area contributed by atoms with Gasteiger partial charge in [-0.05, 0) is 36.4 Å². The van der Waals surface area contributed by atoms with E-state index in [1.165, 1.54) is 44.4 Å². The van der Waals surface area contributed by atoms with Crippen LogP contribution in [0.5, 0.6) is 0 Å². The third-order valence-electron chi connectivity index (χ3n) is 3.91. The summed E-state index contributed by atoms with van der Waals surface area (Å²) in [5.41, 5.74) is 0.0577. The van der Waals surface area contributed by atoms with Crippen LogP contribution in [0.1, 0.15) is 16.2 Å². The minimum atomic E-state index is -3.68. The van der Waals surface area contributed by atoms with Gasteiger partial charge in [-0.3, -0.25) is 4.79 Å². The maximum atomic E-state index is 12.3. The highest BCUT2D eigenvalue weighted by Crippen LogP contribution is 2.17. The van der Waals surface area contributed by atoms with Crippen molar-refractivity contribution in [3.05, 3.63) is 69.2 Å². The summed E-state index contributed by atoms with van der Waals surface area (Å²) in [7, 11) is -0.887. The van der Waals surface area contributed by atoms with Crippen LogP contribution in [-0.4, -0.2) is 42.8 Å². The number of carbonyl (C=O) groups excluding carboxylic acids is 1. The Hall–Kier alpha value is -2.75. The Morgan fingerprint density at radius 2 is 1.96 bits per heavy atom. The van der Waals surface area contributed by atoms with E-state index in [1.807, 2.05) is 0 Å². The number of rotatable bonds is 5. The van der Waals surface area contributed by atoms with E-state index >= 15 is 0 Å². The number of H-pyrrole nitrogens is 1. The number of aromatic nitrogens is 2. The number of nitrogens with one attached hydrogen (secondary N) is 1. The maximum Gasteiger partial charge on any atom is 0.338 e. The summed E-state index contributed by atoms with van der Waals surface area (Å²) in [6.45, 7) is -0.290. The second-order valence-corrected chi connectivity index (χ2v) is 8.65. The van der Waals surface area contributed by atoms with Crippen LogP contribution < -0.4 is 5.56 Å². The lowest BCUT2D eigenvalue weighted by atomic mass is 10.2. The smallest absolute Gasteiger partial charge is 0.338 e. The van der Waals surface area contributed by atoms with Gasteiger partial charge in [0.25, 0.3) is 5.56 Å². The van der Waals surface area contributed by atoms with Crippen molar-refractivity contribution in [1.82, 2.24) is 14.3 Å². The number of ether oxygens (including phenoxy) is 1. The summed E-state index contributed by atoms with van der Waals surface area (Å²) in [6, 6.07) is 10.2. The molecule has 0 radical (unpaired) electrons. The highest BCUT2D eigenvalue weighted by molar-refractivity contribution is 7.89. The molecule has 0 aliphatic rings. The van der Waals surface area contributed by atoms with E-state index in [1.54, 1.807) is 12.1 Å². The molecule has 1 aromatic heterocycles. The number of nitrogens with zero attached hydrogens (tertiary/aromatic N) is 2. The van der Waals surface area contributed by atoms with Crippen LogP contribution in [0.3, 0.4) is 0 Å². The van der Waals surface area contributed by atoms with Gasteiger partial charge in [-0.25, -0.2) is 22.5 Å². The van der Waals surface area contributed by atoms with Gasteiger partial charge >= 0.3 is 5.97 Å². The van der Waals surface area contributed by atoms with E-state index in [-0.39, 0.29) is 28.4 Å². The molecule has 0 amide bonds. The summed E-state index contributed by atoms with van der Waals surface area (Å²) < 4.78 is 30.6. The van der Waals surface area contributed by atoms with E-state index in [4.69, 9.17) is 16.3 Å². The molecule has 146 valence electrons. The van der Waals surface area contributed by atoms with Gasteiger partial charge in [0.1, 0.15) is 12.4 Å². The molecule has 0 spiro atoms. The molecule has 3 aromatic rings. The molecule has 0 saturated heterocycles. The maximum absolute atomic E-state index is 12.3. The van der Waals surface area contributed by atoms with E-state index in [0.717, 1.165) is 4.31 Å². The average molecular weight is 422 g/mol. The largest absolute Gasteiger partial charge is 0.454 e. The molecule has 1 N–H and O–H groups in total. The molecular formula is C18H16ClN3O5S. The van der Waals surface area contributed by atoms with Gasteiger partial charge in [-0.2, -0.15) is 0 Å². The van der Waals surface area contributed by atoms with Crippen LogP contribution in [0, 0.1) is 0 Å². The van der Waals surface area contributed by atoms with Crippen LogP contribution in [0.4, 0.5) is 0 Å². The Morgan fingerprint density at radius 3 is 2.68 bits per heavy atom. The first kappa shape index (κ1) is 20.0. The van der Waals surface area contributed by atoms with Crippen LogP contribution in [0.15, 0.2) is 52.2 Å². The highest BCUT2D eigenvalue weighted by atomic mass is 35.5. The molecule has 0 saturated carbocycles. The fourth-order valence-electron chi connectivity index (χ4n) is 2.44. The van der Waals surface area contributed by atoms with Gasteiger partial charge in [0.2, 0.25) is 10.0 Å². The van der Waals surface area contributed by atoms with Crippen LogP contribution >= 0.6 is 11.6 Å². The molecule has 0 fully saturated rings. The number of sulfonamides is 1. The van der Waals surface area contributed by atoms with E-state index in [2.05, 4.69) is 9.97 Å². The molecule has 0 atom stereocenters. The number of hydrogen-bond acceptors (Lipinski definition) is 6. The fraction of sp³-hybridized carbons (Fsp3) is 0.167. The van der Waals surface area contributed by atoms with Crippen molar-refractivity contribution in [2.45, 2.75) is 11.5 Å². The number of halogens is 1. The van der Waals surface area contributed by atoms with E-state index < -0.39 is 16.0 Å². The Bertz CT molecular complexity index is 1220. The second kappa shape index (κ2) is 7.70. The van der Waals surface area contributed by atoms with Gasteiger partial charge in [-0.15, -0.1) is 0 Å². The lowest BCUT2D eigenvalue weighted by molar-refractivity contribution is 0.0462. The monoisotopic (exact) mass is 421 g/mol. The molecule has 0 aliphatic heterocycles. The normalized spacial score (nSPS) is 11.7. The zero-order valence-corrected chi connectivity index (χ0v) is 16.5. The quantitative estimate of drug-likeness (QED) is 0.632. The summed E-state index contributed by atoms with van der Waals surface area (Å²) in [6.07, 6.45) is 0. The predicted octanol–water partition coefficient (Wildman–Crippen LogP) is 2.18. The number of carbonyl (C=O) groups is 1. The van der Waals surface area contributed by atoms with E-state index in [0.29, 0.717) is 15.9 Å². The number of aromatic amines is 1. The third kappa shape index (κ3) is 4.06. The molecule has 3 rings (SSSR count). The predicted molar refractivity (Wildman–Crippen MR) is 104 cm³/mol. The minimum Gasteiger partial charge on any atom is -0.454 e. The molecule has 28 heavy (non-hydrogen) atoms. The van der Waals surface area contributed by atoms with Crippen LogP contribution in [0.2, 0.25) is 5.02 Å². The van der Waals surface area contributed by atoms with Crippen LogP contribution in [0.25, 0.3) is 10.9 Å². The fourth-order valence-corrected chi connectivity index (χ4v) is 3.56. The van der Waals surface area contributed by atoms with Crippen molar-refractivity contribution < 1.29 is 17.9 Å². The van der Waals surface area contributed by atoms with Crippen LogP contribution in [-0.2, 0) is 21.4 Å². The first-order chi connectivity index (χ1) is 13.2. The molecule has 2 aromatic carbocycles. The Labute approximate surface area is 165 Å². The first-order valence-corrected chi connectivity index (χ1v) is 9.88. The van der Waals surface area contributed by atoms with E-state index in [9.17, 15) is 18.0 Å². The number of benzene rings is 2. The summed E-state index contributed by atoms with van der Waals surface area (Å²) in [5.74, 6) is -0.602. The van der Waals surface area contributed by atoms with Crippen molar-refractivity contribution in [3.8, 4) is 0 Å². The van der Waals surface area contributed by atoms with Crippen molar-refractivity contribution in [3.63, 3.8) is 0 Å². The minimum absolute atomic E-state index is 0.0289. The van der Waals surface area contributed by atoms with Gasteiger partial charge in [-0.1, -0.05) is 17.7 Å². The molecule has 0 bridgehead atoms. The molecule has 0 aliphatic carbocycles. The Morgan fingerprint density at radius 1 is 1.21 bits per heavy atom. The molecule has 10 heteroatoms. The number of hydrogen-bond donors (Lipinski definition) is 1. The number of fused-ring (bicyclic) bond motifs is 1. The number of esters is 1. The lowest BCUT2D eigenvalue weighted by Crippen LogP contribution is -2.22. The highest BCUT2D eigenvalue weighted by Gasteiger charge is 2.19. The zero-order chi connectivity index (χ0) is 20.5. The standard InChI is InChI=1S/C18H16ClN3O5S/c1-22(2)28(25,26)13-5-3-4-11(8-13)18(24)27-10-16-20-15-9-12(19)6-7-14(15)17(23)21-16/h3-9H,10H2,1-2H3,(H,20,21,23). The summed E-state index contributed by atoms with van der Waals surface area (Å²) in [5, 5.41) is 0.786. The van der Waals surface area contributed by atoms with Gasteiger partial charge in [0.15, 0.2) is 0 Å². The van der Waals surface area contributed by atoms with Gasteiger partial charge in [0.05, 0.1) is 21.4 Å². The Kier molecular flexibility index (Phi) is 5.50. The molecule has 1 heterocycles. The SMILES string of the molecule is CN(C)S(=O)(=O)c1cccc(C(=O)OCc2nc3cc(Cl)ccc3c(=O)[nH]2)c1. The topological polar surface area (TPSA) is 109 Å². The lowest BCUT2D eigenvalue weighted by Gasteiger charge is -2.12. The van der Waals surface area contributed by atoms with Crippen molar-refractivity contribution in [1.29, 1.82) is 0 Å². The van der Waals surface area contributed by atoms with Crippen molar-refractivity contribution in [2.24, 2.45) is 0 Å². The summed E-state index contributed by atoms with van der Waals surface area (Å²) >= 11 is 5.91. The van der Waals surface area contributed by atoms with Crippen molar-refractivity contribution in [2.75, 3.05) is 14.1 Å². The van der Waals surface area contributed by atoms with Crippen molar-refractivity contribution >= 4 is 38.5 Å². The first-order valence-electron chi connectivity index (χ1n) is 8.06. The molecule has 8 nitrogen and oxygen atoms in total. The molecule has 0 unspecified atom stereocenters. The summed E-state index contributed by atoms with van der Waals surface area (Å²) in [4.78, 5) is 31.1. The second-order valence-electron chi connectivity index (χ2n) is 6.07. The zero-order valence-electron chi connectivity index (χ0n) is 15.0. The Balaban J connectivity index is 1.81. The molecular weight excluding hydrogens is 406 g/mol. The average Bonchev–Trinajstić information content (AvgIpc) is 2.65. The third-order valence-corrected chi connectivity index (χ3v) is 5.95. The van der Waals surface area contributed by atoms with Gasteiger partial charge < -0.3 is 9.72 Å². The van der Waals surface area contributed by atoms with Gasteiger partial charge in [0, 0.05) is 19.1 Å².